The summed E-state index contributed by atoms with van der Waals surface area (Å²) >= 11 is 0. The molecule has 2 heterocycles. The lowest BCUT2D eigenvalue weighted by atomic mass is 10.1. The number of anilines is 1. The van der Waals surface area contributed by atoms with E-state index in [1.165, 1.54) is 12.2 Å². The summed E-state index contributed by atoms with van der Waals surface area (Å²) in [6.07, 6.45) is 2.44. The minimum atomic E-state index is -0.882. The van der Waals surface area contributed by atoms with E-state index in [9.17, 15) is 19.2 Å². The molecule has 0 radical (unpaired) electrons. The first-order chi connectivity index (χ1) is 17.0. The Balaban J connectivity index is 1.25. The fourth-order valence-corrected chi connectivity index (χ4v) is 3.66. The highest BCUT2D eigenvalue weighted by molar-refractivity contribution is 6.28. The maximum Gasteiger partial charge on any atom is 0.305 e. The summed E-state index contributed by atoms with van der Waals surface area (Å²) < 4.78 is 16.1. The van der Waals surface area contributed by atoms with Crippen LogP contribution in [0.5, 0.6) is 0 Å². The lowest BCUT2D eigenvalue weighted by Crippen LogP contribution is -2.49. The van der Waals surface area contributed by atoms with Crippen LogP contribution in [0.1, 0.15) is 16.8 Å². The van der Waals surface area contributed by atoms with Gasteiger partial charge in [0, 0.05) is 50.4 Å². The number of nitrogens with zero attached hydrogens (tertiary/aromatic N) is 3. The SMILES string of the molecule is O=C(O)CCOCCOCCOCCN1CCN(C(=O)c2ccc(N3C(=O)C=CC3=O)cc2)CC1. The van der Waals surface area contributed by atoms with Gasteiger partial charge in [-0.05, 0) is 24.3 Å². The van der Waals surface area contributed by atoms with Crippen LogP contribution >= 0.6 is 0 Å². The van der Waals surface area contributed by atoms with Gasteiger partial charge >= 0.3 is 5.97 Å². The molecule has 3 amide bonds. The minimum absolute atomic E-state index is 0.0120. The van der Waals surface area contributed by atoms with Crippen molar-refractivity contribution in [2.24, 2.45) is 0 Å². The number of ether oxygens (including phenoxy) is 3. The molecule has 11 heteroatoms. The second-order valence-electron chi connectivity index (χ2n) is 8.01. The van der Waals surface area contributed by atoms with Gasteiger partial charge in [0.25, 0.3) is 17.7 Å². The van der Waals surface area contributed by atoms with Gasteiger partial charge < -0.3 is 24.2 Å². The highest BCUT2D eigenvalue weighted by Crippen LogP contribution is 2.20. The zero-order chi connectivity index (χ0) is 25.0. The third-order valence-corrected chi connectivity index (χ3v) is 5.60. The number of hydrogen-bond acceptors (Lipinski definition) is 8. The van der Waals surface area contributed by atoms with Crippen LogP contribution in [-0.4, -0.2) is 111 Å². The first-order valence-electron chi connectivity index (χ1n) is 11.6. The van der Waals surface area contributed by atoms with Crippen molar-refractivity contribution >= 4 is 29.4 Å². The number of amides is 3. The van der Waals surface area contributed by atoms with E-state index in [2.05, 4.69) is 4.90 Å². The molecule has 0 atom stereocenters. The third-order valence-electron chi connectivity index (χ3n) is 5.60. The van der Waals surface area contributed by atoms with Gasteiger partial charge in [-0.25, -0.2) is 4.90 Å². The van der Waals surface area contributed by atoms with Crippen LogP contribution in [0.3, 0.4) is 0 Å². The van der Waals surface area contributed by atoms with Gasteiger partial charge in [0.05, 0.1) is 51.7 Å². The summed E-state index contributed by atoms with van der Waals surface area (Å²) in [6, 6.07) is 6.50. The number of aliphatic carboxylic acids is 1. The van der Waals surface area contributed by atoms with Crippen molar-refractivity contribution in [1.82, 2.24) is 9.80 Å². The predicted molar refractivity (Wildman–Crippen MR) is 125 cm³/mol. The molecule has 0 aromatic heterocycles. The van der Waals surface area contributed by atoms with Gasteiger partial charge in [0.15, 0.2) is 0 Å². The predicted octanol–water partition coefficient (Wildman–Crippen LogP) is 0.398. The van der Waals surface area contributed by atoms with E-state index in [0.717, 1.165) is 24.5 Å². The van der Waals surface area contributed by atoms with Crippen molar-refractivity contribution in [2.75, 3.05) is 77.3 Å². The lowest BCUT2D eigenvalue weighted by Gasteiger charge is -2.34. The summed E-state index contributed by atoms with van der Waals surface area (Å²) in [7, 11) is 0. The number of hydrogen-bond donors (Lipinski definition) is 1. The maximum atomic E-state index is 12.8. The number of carboxylic acids is 1. The molecule has 0 saturated carbocycles. The molecule has 1 saturated heterocycles. The first-order valence-corrected chi connectivity index (χ1v) is 11.6. The van der Waals surface area contributed by atoms with Crippen molar-refractivity contribution in [3.63, 3.8) is 0 Å². The zero-order valence-corrected chi connectivity index (χ0v) is 19.6. The number of piperazine rings is 1. The Morgan fingerprint density at radius 1 is 0.771 bits per heavy atom. The average Bonchev–Trinajstić information content (AvgIpc) is 3.20. The molecule has 1 aromatic rings. The minimum Gasteiger partial charge on any atom is -0.481 e. The Labute approximate surface area is 203 Å². The van der Waals surface area contributed by atoms with Crippen LogP contribution in [-0.2, 0) is 28.6 Å². The number of rotatable bonds is 14. The summed E-state index contributed by atoms with van der Waals surface area (Å²) in [5.74, 6) is -1.73. The summed E-state index contributed by atoms with van der Waals surface area (Å²) in [4.78, 5) is 51.8. The molecule has 2 aliphatic heterocycles. The Morgan fingerprint density at radius 3 is 1.89 bits per heavy atom. The standard InChI is InChI=1S/C24H31N3O8/c28-21-5-6-22(29)27(21)20-3-1-19(2-4-20)24(32)26-10-8-25(9-11-26)12-14-34-16-18-35-17-15-33-13-7-23(30)31/h1-6H,7-18H2,(H,30,31). The number of benzene rings is 1. The number of imide groups is 1. The Morgan fingerprint density at radius 2 is 1.31 bits per heavy atom. The van der Waals surface area contributed by atoms with Crippen molar-refractivity contribution in [3.05, 3.63) is 42.0 Å². The van der Waals surface area contributed by atoms with E-state index in [1.807, 2.05) is 0 Å². The zero-order valence-electron chi connectivity index (χ0n) is 19.6. The summed E-state index contributed by atoms with van der Waals surface area (Å²) in [5.41, 5.74) is 0.964. The molecule has 0 aliphatic carbocycles. The molecule has 1 fully saturated rings. The van der Waals surface area contributed by atoms with Crippen molar-refractivity contribution in [2.45, 2.75) is 6.42 Å². The van der Waals surface area contributed by atoms with Gasteiger partial charge in [0.1, 0.15) is 0 Å². The Kier molecular flexibility index (Phi) is 10.4. The van der Waals surface area contributed by atoms with Crippen LogP contribution in [0, 0.1) is 0 Å². The molecule has 11 nitrogen and oxygen atoms in total. The van der Waals surface area contributed by atoms with E-state index in [-0.39, 0.29) is 30.7 Å². The quantitative estimate of drug-likeness (QED) is 0.292. The fraction of sp³-hybridized carbons (Fsp3) is 0.500. The van der Waals surface area contributed by atoms with Crippen molar-refractivity contribution in [3.8, 4) is 0 Å². The molecule has 0 unspecified atom stereocenters. The monoisotopic (exact) mass is 489 g/mol. The molecule has 190 valence electrons. The molecular formula is C24H31N3O8. The van der Waals surface area contributed by atoms with E-state index in [1.54, 1.807) is 29.2 Å². The second-order valence-corrected chi connectivity index (χ2v) is 8.01. The molecule has 0 bridgehead atoms. The fourth-order valence-electron chi connectivity index (χ4n) is 3.66. The highest BCUT2D eigenvalue weighted by Gasteiger charge is 2.26. The summed E-state index contributed by atoms with van der Waals surface area (Å²) in [6.45, 7) is 5.90. The van der Waals surface area contributed by atoms with Crippen molar-refractivity contribution in [1.29, 1.82) is 0 Å². The second kappa shape index (κ2) is 13.7. The number of carbonyl (C=O) groups is 4. The van der Waals surface area contributed by atoms with Crippen LogP contribution in [0.15, 0.2) is 36.4 Å². The van der Waals surface area contributed by atoms with Gasteiger partial charge in [-0.2, -0.15) is 0 Å². The average molecular weight is 490 g/mol. The van der Waals surface area contributed by atoms with Crippen molar-refractivity contribution < 1.29 is 38.5 Å². The smallest absolute Gasteiger partial charge is 0.305 e. The van der Waals surface area contributed by atoms with Gasteiger partial charge in [-0.1, -0.05) is 0 Å². The Bertz CT molecular complexity index is 892. The number of carboxylic acid groups (broad SMARTS) is 1. The Hall–Kier alpha value is -3.12. The van der Waals surface area contributed by atoms with Crippen LogP contribution in [0.25, 0.3) is 0 Å². The highest BCUT2D eigenvalue weighted by atomic mass is 16.5. The van der Waals surface area contributed by atoms with Crippen LogP contribution in [0.4, 0.5) is 5.69 Å². The molecular weight excluding hydrogens is 458 g/mol. The topological polar surface area (TPSA) is 126 Å². The summed E-state index contributed by atoms with van der Waals surface area (Å²) in [5, 5.41) is 8.50. The van der Waals surface area contributed by atoms with Gasteiger partial charge in [0.2, 0.25) is 0 Å². The van der Waals surface area contributed by atoms with Crippen LogP contribution in [0.2, 0.25) is 0 Å². The first kappa shape index (κ1) is 26.5. The van der Waals surface area contributed by atoms with Crippen LogP contribution < -0.4 is 4.90 Å². The van der Waals surface area contributed by atoms with E-state index in [4.69, 9.17) is 19.3 Å². The van der Waals surface area contributed by atoms with E-state index < -0.39 is 5.97 Å². The molecule has 1 aromatic carbocycles. The normalized spacial score (nSPS) is 16.3. The lowest BCUT2D eigenvalue weighted by molar-refractivity contribution is -0.138. The molecule has 2 aliphatic rings. The third kappa shape index (κ3) is 8.25. The molecule has 1 N–H and O–H groups in total. The van der Waals surface area contributed by atoms with Gasteiger partial charge in [-0.3, -0.25) is 24.1 Å². The maximum absolute atomic E-state index is 12.8. The van der Waals surface area contributed by atoms with E-state index in [0.29, 0.717) is 57.4 Å². The molecule has 35 heavy (non-hydrogen) atoms. The number of carbonyl (C=O) groups excluding carboxylic acids is 3. The largest absolute Gasteiger partial charge is 0.481 e. The van der Waals surface area contributed by atoms with Gasteiger partial charge in [-0.15, -0.1) is 0 Å². The van der Waals surface area contributed by atoms with E-state index >= 15 is 0 Å². The molecule has 0 spiro atoms. The molecule has 3 rings (SSSR count).